The summed E-state index contributed by atoms with van der Waals surface area (Å²) >= 11 is 0. The minimum Gasteiger partial charge on any atom is -0.460 e. The summed E-state index contributed by atoms with van der Waals surface area (Å²) in [5, 5.41) is 2.75. The second-order valence-electron chi connectivity index (χ2n) is 4.09. The predicted molar refractivity (Wildman–Crippen MR) is 69.4 cm³/mol. The Bertz CT molecular complexity index is 754. The van der Waals surface area contributed by atoms with E-state index >= 15 is 0 Å². The maximum atomic E-state index is 11.9. The van der Waals surface area contributed by atoms with E-state index in [0.29, 0.717) is 11.0 Å². The molecule has 1 heterocycles. The Morgan fingerprint density at radius 3 is 2.71 bits per heavy atom. The van der Waals surface area contributed by atoms with Gasteiger partial charge in [-0.25, -0.2) is 0 Å². The molecule has 0 aliphatic rings. The molecule has 1 aromatic heterocycles. The largest absolute Gasteiger partial charge is 0.460 e. The van der Waals surface area contributed by atoms with E-state index in [0.717, 1.165) is 23.0 Å². The molecule has 3 rings (SSSR count). The highest BCUT2D eigenvalue weighted by Crippen LogP contribution is 2.24. The van der Waals surface area contributed by atoms with Gasteiger partial charge in [-0.1, -0.05) is 37.3 Å². The van der Waals surface area contributed by atoms with Crippen LogP contribution in [0.1, 0.15) is 12.7 Å². The van der Waals surface area contributed by atoms with Crippen LogP contribution in [0.3, 0.4) is 0 Å². The zero-order chi connectivity index (χ0) is 11.8. The van der Waals surface area contributed by atoms with E-state index in [2.05, 4.69) is 0 Å². The van der Waals surface area contributed by atoms with E-state index in [9.17, 15) is 4.79 Å². The van der Waals surface area contributed by atoms with Crippen molar-refractivity contribution < 1.29 is 4.42 Å². The average molecular weight is 224 g/mol. The first-order valence-corrected chi connectivity index (χ1v) is 5.74. The van der Waals surface area contributed by atoms with Gasteiger partial charge in [-0.2, -0.15) is 0 Å². The Labute approximate surface area is 98.5 Å². The van der Waals surface area contributed by atoms with Crippen LogP contribution in [0.5, 0.6) is 0 Å². The molecule has 84 valence electrons. The molecule has 0 fully saturated rings. The van der Waals surface area contributed by atoms with Crippen LogP contribution in [0.4, 0.5) is 0 Å². The summed E-state index contributed by atoms with van der Waals surface area (Å²) in [5.41, 5.74) is 0.737. The van der Waals surface area contributed by atoms with Crippen molar-refractivity contribution in [1.82, 2.24) is 0 Å². The summed E-state index contributed by atoms with van der Waals surface area (Å²) in [7, 11) is 0. The summed E-state index contributed by atoms with van der Waals surface area (Å²) in [6, 6.07) is 13.3. The molecule has 0 spiro atoms. The molecular formula is C15H12O2. The van der Waals surface area contributed by atoms with Gasteiger partial charge in [-0.05, 0) is 11.5 Å². The molecule has 0 saturated carbocycles. The molecule has 0 unspecified atom stereocenters. The lowest BCUT2D eigenvalue weighted by Gasteiger charge is -2.04. The molecule has 2 heteroatoms. The van der Waals surface area contributed by atoms with E-state index in [-0.39, 0.29) is 5.43 Å². The lowest BCUT2D eigenvalue weighted by molar-refractivity contribution is 0.546. The van der Waals surface area contributed by atoms with E-state index in [1.165, 1.54) is 0 Å². The van der Waals surface area contributed by atoms with Crippen LogP contribution >= 0.6 is 0 Å². The van der Waals surface area contributed by atoms with Gasteiger partial charge >= 0.3 is 0 Å². The van der Waals surface area contributed by atoms with Gasteiger partial charge in [-0.3, -0.25) is 4.79 Å². The summed E-state index contributed by atoms with van der Waals surface area (Å²) in [4.78, 5) is 11.9. The SMILES string of the molecule is CCc1cc(=O)c2ccc3ccccc3c2o1. The fraction of sp³-hybridized carbons (Fsp3) is 0.133. The minimum atomic E-state index is 0.0360. The highest BCUT2D eigenvalue weighted by molar-refractivity contribution is 6.03. The molecule has 0 radical (unpaired) electrons. The second kappa shape index (κ2) is 3.74. The van der Waals surface area contributed by atoms with Crippen molar-refractivity contribution in [3.63, 3.8) is 0 Å². The third kappa shape index (κ3) is 1.53. The lowest BCUT2D eigenvalue weighted by Crippen LogP contribution is -2.01. The fourth-order valence-corrected chi connectivity index (χ4v) is 2.11. The highest BCUT2D eigenvalue weighted by atomic mass is 16.3. The van der Waals surface area contributed by atoms with Crippen molar-refractivity contribution in [1.29, 1.82) is 0 Å². The number of hydrogen-bond acceptors (Lipinski definition) is 2. The topological polar surface area (TPSA) is 30.2 Å². The molecule has 0 amide bonds. The van der Waals surface area contributed by atoms with Crippen LogP contribution in [0, 0.1) is 0 Å². The molecule has 0 aliphatic heterocycles. The predicted octanol–water partition coefficient (Wildman–Crippen LogP) is 3.51. The molecular weight excluding hydrogens is 212 g/mol. The van der Waals surface area contributed by atoms with Gasteiger partial charge in [0.1, 0.15) is 11.3 Å². The lowest BCUT2D eigenvalue weighted by atomic mass is 10.1. The number of hydrogen-bond donors (Lipinski definition) is 0. The van der Waals surface area contributed by atoms with Crippen LogP contribution in [0.15, 0.2) is 51.7 Å². The van der Waals surface area contributed by atoms with Gasteiger partial charge in [0.05, 0.1) is 5.39 Å². The van der Waals surface area contributed by atoms with Crippen molar-refractivity contribution in [2.45, 2.75) is 13.3 Å². The monoisotopic (exact) mass is 224 g/mol. The van der Waals surface area contributed by atoms with Gasteiger partial charge in [0.25, 0.3) is 0 Å². The molecule has 2 aromatic carbocycles. The average Bonchev–Trinajstić information content (AvgIpc) is 2.38. The first-order chi connectivity index (χ1) is 8.29. The number of fused-ring (bicyclic) bond motifs is 3. The zero-order valence-corrected chi connectivity index (χ0v) is 9.57. The minimum absolute atomic E-state index is 0.0360. The van der Waals surface area contributed by atoms with E-state index in [4.69, 9.17) is 4.42 Å². The summed E-state index contributed by atoms with van der Waals surface area (Å²) < 4.78 is 5.81. The van der Waals surface area contributed by atoms with E-state index in [1.807, 2.05) is 43.3 Å². The Balaban J connectivity index is 2.56. The third-order valence-electron chi connectivity index (χ3n) is 3.02. The van der Waals surface area contributed by atoms with Crippen molar-refractivity contribution in [2.24, 2.45) is 0 Å². The maximum Gasteiger partial charge on any atom is 0.192 e. The quantitative estimate of drug-likeness (QED) is 0.592. The molecule has 0 saturated heterocycles. The Kier molecular flexibility index (Phi) is 2.22. The number of rotatable bonds is 1. The van der Waals surface area contributed by atoms with Gasteiger partial charge in [-0.15, -0.1) is 0 Å². The first-order valence-electron chi connectivity index (χ1n) is 5.74. The second-order valence-corrected chi connectivity index (χ2v) is 4.09. The third-order valence-corrected chi connectivity index (χ3v) is 3.02. The van der Waals surface area contributed by atoms with Gasteiger partial charge in [0.2, 0.25) is 0 Å². The molecule has 0 N–H and O–H groups in total. The fourth-order valence-electron chi connectivity index (χ4n) is 2.11. The molecule has 17 heavy (non-hydrogen) atoms. The highest BCUT2D eigenvalue weighted by Gasteiger charge is 2.06. The van der Waals surface area contributed by atoms with Gasteiger partial charge in [0.15, 0.2) is 5.43 Å². The Hall–Kier alpha value is -2.09. The molecule has 0 bridgehead atoms. The van der Waals surface area contributed by atoms with Crippen molar-refractivity contribution in [3.8, 4) is 0 Å². The standard InChI is InChI=1S/C15H12O2/c1-2-11-9-14(16)13-8-7-10-5-3-4-6-12(10)15(13)17-11/h3-9H,2H2,1H3. The molecule has 2 nitrogen and oxygen atoms in total. The van der Waals surface area contributed by atoms with Crippen LogP contribution in [0.25, 0.3) is 21.7 Å². The van der Waals surface area contributed by atoms with Crippen LogP contribution in [0.2, 0.25) is 0 Å². The van der Waals surface area contributed by atoms with Crippen molar-refractivity contribution >= 4 is 21.7 Å². The normalized spacial score (nSPS) is 11.1. The zero-order valence-electron chi connectivity index (χ0n) is 9.57. The van der Waals surface area contributed by atoms with Crippen molar-refractivity contribution in [2.75, 3.05) is 0 Å². The van der Waals surface area contributed by atoms with Crippen LogP contribution < -0.4 is 5.43 Å². The Morgan fingerprint density at radius 1 is 1.06 bits per heavy atom. The van der Waals surface area contributed by atoms with E-state index in [1.54, 1.807) is 6.07 Å². The first kappa shape index (κ1) is 10.1. The molecule has 3 aromatic rings. The van der Waals surface area contributed by atoms with Crippen LogP contribution in [-0.4, -0.2) is 0 Å². The number of benzene rings is 2. The summed E-state index contributed by atoms with van der Waals surface area (Å²) in [5.74, 6) is 0.735. The van der Waals surface area contributed by atoms with E-state index < -0.39 is 0 Å². The number of aryl methyl sites for hydroxylation is 1. The van der Waals surface area contributed by atoms with Crippen molar-refractivity contribution in [3.05, 3.63) is 58.4 Å². The molecule has 0 aliphatic carbocycles. The summed E-state index contributed by atoms with van der Waals surface area (Å²) in [6.07, 6.45) is 0.731. The van der Waals surface area contributed by atoms with Gasteiger partial charge in [0, 0.05) is 17.9 Å². The van der Waals surface area contributed by atoms with Crippen LogP contribution in [-0.2, 0) is 6.42 Å². The maximum absolute atomic E-state index is 11.9. The summed E-state index contributed by atoms with van der Waals surface area (Å²) in [6.45, 7) is 1.98. The van der Waals surface area contributed by atoms with Gasteiger partial charge < -0.3 is 4.42 Å². The Morgan fingerprint density at radius 2 is 1.88 bits per heavy atom. The molecule has 0 atom stereocenters. The smallest absolute Gasteiger partial charge is 0.192 e.